The molecule has 0 fully saturated rings. The van der Waals surface area contributed by atoms with Gasteiger partial charge in [-0.25, -0.2) is 0 Å². The molecule has 1 N–H and O–H groups in total. The van der Waals surface area contributed by atoms with Gasteiger partial charge in [0.25, 0.3) is 0 Å². The molecule has 2 unspecified atom stereocenters. The second-order valence-electron chi connectivity index (χ2n) is 4.71. The minimum atomic E-state index is -0.539. The molecule has 2 heteroatoms. The van der Waals surface area contributed by atoms with Crippen molar-refractivity contribution in [3.8, 4) is 6.07 Å². The van der Waals surface area contributed by atoms with E-state index in [1.54, 1.807) is 0 Å². The number of rotatable bonds is 2. The topological polar surface area (TPSA) is 44.0 Å². The Bertz CT molecular complexity index is 173. The Morgan fingerprint density at radius 1 is 1.25 bits per heavy atom. The van der Waals surface area contributed by atoms with Gasteiger partial charge in [-0.15, -0.1) is 0 Å². The number of hydrogen-bond acceptors (Lipinski definition) is 2. The quantitative estimate of drug-likeness (QED) is 0.688. The number of nitriles is 1. The normalized spacial score (nSPS) is 17.2. The van der Waals surface area contributed by atoms with Crippen LogP contribution >= 0.6 is 0 Å². The third-order valence-electron chi connectivity index (χ3n) is 2.09. The molecule has 0 rings (SSSR count). The van der Waals surface area contributed by atoms with E-state index in [2.05, 4.69) is 6.07 Å². The lowest BCUT2D eigenvalue weighted by molar-refractivity contribution is 0.0159. The van der Waals surface area contributed by atoms with Crippen LogP contribution in [-0.2, 0) is 0 Å². The minimum absolute atomic E-state index is 0.204. The molecule has 0 amide bonds. The van der Waals surface area contributed by atoms with Gasteiger partial charge in [0.15, 0.2) is 0 Å². The van der Waals surface area contributed by atoms with Crippen molar-refractivity contribution in [2.45, 2.75) is 40.7 Å². The maximum Gasteiger partial charge on any atom is 0.0750 e. The Hall–Kier alpha value is -0.550. The van der Waals surface area contributed by atoms with E-state index in [4.69, 9.17) is 5.26 Å². The Balaban J connectivity index is 4.46. The van der Waals surface area contributed by atoms with Crippen molar-refractivity contribution in [1.82, 2.24) is 0 Å². The molecule has 0 radical (unpaired) electrons. The summed E-state index contributed by atoms with van der Waals surface area (Å²) < 4.78 is 0. The summed E-state index contributed by atoms with van der Waals surface area (Å²) in [6.45, 7) is 9.77. The van der Waals surface area contributed by atoms with E-state index in [1.165, 1.54) is 0 Å². The fourth-order valence-corrected chi connectivity index (χ4v) is 1.12. The van der Waals surface area contributed by atoms with Gasteiger partial charge < -0.3 is 5.11 Å². The third kappa shape index (κ3) is 2.83. The molecule has 70 valence electrons. The number of aliphatic hydroxyl groups is 1. The molecule has 0 aliphatic rings. The molecule has 0 aromatic heterocycles. The average Bonchev–Trinajstić information content (AvgIpc) is 1.86. The van der Waals surface area contributed by atoms with Gasteiger partial charge in [0.1, 0.15) is 0 Å². The molecule has 0 heterocycles. The molecule has 0 aliphatic carbocycles. The van der Waals surface area contributed by atoms with E-state index in [9.17, 15) is 5.11 Å². The maximum absolute atomic E-state index is 9.79. The average molecular weight is 169 g/mol. The van der Waals surface area contributed by atoms with Crippen molar-refractivity contribution >= 4 is 0 Å². The SMILES string of the molecule is CC(C)C(C#N)C(O)C(C)(C)C. The summed E-state index contributed by atoms with van der Waals surface area (Å²) in [5.74, 6) is -0.0470. The molecule has 2 atom stereocenters. The highest BCUT2D eigenvalue weighted by molar-refractivity contribution is 4.94. The van der Waals surface area contributed by atoms with Crippen LogP contribution in [0.15, 0.2) is 0 Å². The second kappa shape index (κ2) is 3.91. The third-order valence-corrected chi connectivity index (χ3v) is 2.09. The summed E-state index contributed by atoms with van der Waals surface area (Å²) in [5.41, 5.74) is -0.204. The first-order valence-electron chi connectivity index (χ1n) is 4.38. The first kappa shape index (κ1) is 11.4. The van der Waals surface area contributed by atoms with Gasteiger partial charge in [-0.2, -0.15) is 5.26 Å². The Labute approximate surface area is 75.2 Å². The Kier molecular flexibility index (Phi) is 3.73. The monoisotopic (exact) mass is 169 g/mol. The van der Waals surface area contributed by atoms with Gasteiger partial charge in [-0.3, -0.25) is 0 Å². The zero-order chi connectivity index (χ0) is 9.94. The van der Waals surface area contributed by atoms with Gasteiger partial charge in [0, 0.05) is 0 Å². The molecule has 2 nitrogen and oxygen atoms in total. The molecule has 0 aromatic rings. The standard InChI is InChI=1S/C10H19NO/c1-7(2)8(6-11)9(12)10(3,4)5/h7-9,12H,1-5H3. The van der Waals surface area contributed by atoms with Crippen LogP contribution in [0.4, 0.5) is 0 Å². The molecule has 0 saturated heterocycles. The molecular formula is C10H19NO. The summed E-state index contributed by atoms with van der Waals surface area (Å²) in [6.07, 6.45) is -0.539. The van der Waals surface area contributed by atoms with Crippen LogP contribution in [0, 0.1) is 28.6 Å². The van der Waals surface area contributed by atoms with Crippen molar-refractivity contribution in [3.05, 3.63) is 0 Å². The fourth-order valence-electron chi connectivity index (χ4n) is 1.12. The van der Waals surface area contributed by atoms with Crippen molar-refractivity contribution in [2.75, 3.05) is 0 Å². The Morgan fingerprint density at radius 3 is 1.75 bits per heavy atom. The van der Waals surface area contributed by atoms with Crippen LogP contribution in [-0.4, -0.2) is 11.2 Å². The van der Waals surface area contributed by atoms with Crippen LogP contribution in [0.2, 0.25) is 0 Å². The van der Waals surface area contributed by atoms with Gasteiger partial charge in [0.2, 0.25) is 0 Å². The predicted molar refractivity (Wildman–Crippen MR) is 49.4 cm³/mol. The first-order chi connectivity index (χ1) is 5.30. The fraction of sp³-hybridized carbons (Fsp3) is 0.900. The van der Waals surface area contributed by atoms with Gasteiger partial charge >= 0.3 is 0 Å². The van der Waals surface area contributed by atoms with E-state index < -0.39 is 6.10 Å². The smallest absolute Gasteiger partial charge is 0.0750 e. The summed E-state index contributed by atoms with van der Waals surface area (Å²) in [4.78, 5) is 0. The summed E-state index contributed by atoms with van der Waals surface area (Å²) in [5, 5.41) is 18.6. The highest BCUT2D eigenvalue weighted by Crippen LogP contribution is 2.28. The zero-order valence-corrected chi connectivity index (χ0v) is 8.63. The molecule has 0 aromatic carbocycles. The van der Waals surface area contributed by atoms with E-state index in [0.29, 0.717) is 0 Å². The molecule has 0 bridgehead atoms. The highest BCUT2D eigenvalue weighted by atomic mass is 16.3. The van der Waals surface area contributed by atoms with Crippen molar-refractivity contribution in [2.24, 2.45) is 17.3 Å². The zero-order valence-electron chi connectivity index (χ0n) is 8.63. The maximum atomic E-state index is 9.79. The second-order valence-corrected chi connectivity index (χ2v) is 4.71. The van der Waals surface area contributed by atoms with Crippen molar-refractivity contribution in [3.63, 3.8) is 0 Å². The number of aliphatic hydroxyl groups excluding tert-OH is 1. The van der Waals surface area contributed by atoms with Crippen LogP contribution in [0.1, 0.15) is 34.6 Å². The highest BCUT2D eigenvalue weighted by Gasteiger charge is 2.32. The van der Waals surface area contributed by atoms with Gasteiger partial charge in [0.05, 0.1) is 18.1 Å². The van der Waals surface area contributed by atoms with Crippen LogP contribution in [0.3, 0.4) is 0 Å². The molecule has 0 aliphatic heterocycles. The number of nitrogens with zero attached hydrogens (tertiary/aromatic N) is 1. The van der Waals surface area contributed by atoms with E-state index in [-0.39, 0.29) is 17.3 Å². The van der Waals surface area contributed by atoms with Crippen LogP contribution in [0.25, 0.3) is 0 Å². The van der Waals surface area contributed by atoms with E-state index >= 15 is 0 Å². The van der Waals surface area contributed by atoms with Crippen LogP contribution in [0.5, 0.6) is 0 Å². The molecule has 0 saturated carbocycles. The van der Waals surface area contributed by atoms with Crippen LogP contribution < -0.4 is 0 Å². The van der Waals surface area contributed by atoms with Gasteiger partial charge in [-0.05, 0) is 11.3 Å². The van der Waals surface area contributed by atoms with Crippen molar-refractivity contribution in [1.29, 1.82) is 5.26 Å². The molecule has 0 spiro atoms. The van der Waals surface area contributed by atoms with Crippen molar-refractivity contribution < 1.29 is 5.11 Å². The summed E-state index contributed by atoms with van der Waals surface area (Å²) in [7, 11) is 0. The molecular weight excluding hydrogens is 150 g/mol. The van der Waals surface area contributed by atoms with Gasteiger partial charge in [-0.1, -0.05) is 34.6 Å². The first-order valence-corrected chi connectivity index (χ1v) is 4.38. The Morgan fingerprint density at radius 2 is 1.67 bits per heavy atom. The minimum Gasteiger partial charge on any atom is -0.391 e. The van der Waals surface area contributed by atoms with E-state index in [1.807, 2.05) is 34.6 Å². The summed E-state index contributed by atoms with van der Waals surface area (Å²) >= 11 is 0. The lowest BCUT2D eigenvalue weighted by Crippen LogP contribution is -2.35. The number of hydrogen-bond donors (Lipinski definition) is 1. The lowest BCUT2D eigenvalue weighted by Gasteiger charge is -2.31. The predicted octanol–water partition coefficient (Wildman–Crippen LogP) is 2.19. The molecule has 12 heavy (non-hydrogen) atoms. The summed E-state index contributed by atoms with van der Waals surface area (Å²) in [6, 6.07) is 2.16. The lowest BCUT2D eigenvalue weighted by atomic mass is 9.77. The van der Waals surface area contributed by atoms with E-state index in [0.717, 1.165) is 0 Å². The largest absolute Gasteiger partial charge is 0.391 e.